The lowest BCUT2D eigenvalue weighted by atomic mass is 9.76. The number of esters is 1. The zero-order chi connectivity index (χ0) is 21.6. The Kier molecular flexibility index (Phi) is 9.93. The maximum Gasteiger partial charge on any atom is 0.337 e. The van der Waals surface area contributed by atoms with Crippen LogP contribution in [0.2, 0.25) is 0 Å². The fourth-order valence-electron chi connectivity index (χ4n) is 3.26. The van der Waals surface area contributed by atoms with Gasteiger partial charge in [0.15, 0.2) is 18.0 Å². The Bertz CT molecular complexity index is 747. The van der Waals surface area contributed by atoms with Gasteiger partial charge in [0.25, 0.3) is 5.69 Å². The normalized spacial score (nSPS) is 14.5. The van der Waals surface area contributed by atoms with Crippen molar-refractivity contribution < 1.29 is 32.5 Å². The molecule has 0 amide bonds. The van der Waals surface area contributed by atoms with Gasteiger partial charge in [0, 0.05) is 26.3 Å². The van der Waals surface area contributed by atoms with E-state index in [1.54, 1.807) is 14.2 Å². The summed E-state index contributed by atoms with van der Waals surface area (Å²) in [5.41, 5.74) is -1.01. The number of ether oxygens (including phenoxy) is 3. The second-order valence-electron chi connectivity index (χ2n) is 7.16. The van der Waals surface area contributed by atoms with Gasteiger partial charge in [-0.05, 0) is 32.4 Å². The first kappa shape index (κ1) is 26.1. The highest BCUT2D eigenvalue weighted by Gasteiger charge is 2.53. The molecular formula is C20H31ClF2N3O4+. The lowest BCUT2D eigenvalue weighted by Gasteiger charge is -2.42. The first-order chi connectivity index (χ1) is 13.8. The molecule has 2 rings (SSSR count). The number of carbonyl (C=O) groups is 1. The molecule has 0 aromatic heterocycles. The van der Waals surface area contributed by atoms with Crippen molar-refractivity contribution in [2.24, 2.45) is 0 Å². The molecule has 10 heteroatoms. The van der Waals surface area contributed by atoms with E-state index in [0.717, 1.165) is 6.42 Å². The van der Waals surface area contributed by atoms with Crippen LogP contribution in [0.4, 0.5) is 14.5 Å². The number of likely N-dealkylation sites (N-methyl/N-ethyl adjacent to an activating group) is 2. The van der Waals surface area contributed by atoms with Crippen LogP contribution in [0.15, 0.2) is 12.1 Å². The molecule has 0 aliphatic heterocycles. The molecule has 1 aliphatic rings. The van der Waals surface area contributed by atoms with Crippen molar-refractivity contribution in [1.29, 1.82) is 0 Å². The van der Waals surface area contributed by atoms with E-state index in [0.29, 0.717) is 32.5 Å². The van der Waals surface area contributed by atoms with Crippen molar-refractivity contribution >= 4 is 30.8 Å². The number of rotatable bonds is 11. The van der Waals surface area contributed by atoms with Crippen LogP contribution in [0.1, 0.15) is 19.3 Å². The van der Waals surface area contributed by atoms with Gasteiger partial charge in [-0.3, -0.25) is 0 Å². The monoisotopic (exact) mass is 450 g/mol. The summed E-state index contributed by atoms with van der Waals surface area (Å²) in [6, 6.07) is 2.75. The summed E-state index contributed by atoms with van der Waals surface area (Å²) >= 11 is 0. The molecule has 0 atom stereocenters. The van der Waals surface area contributed by atoms with Crippen LogP contribution < -0.4 is 4.74 Å². The number of benzene rings is 1. The van der Waals surface area contributed by atoms with Crippen molar-refractivity contribution in [3.63, 3.8) is 0 Å². The molecule has 1 aromatic carbocycles. The molecule has 170 valence electrons. The van der Waals surface area contributed by atoms with E-state index in [1.807, 2.05) is 11.9 Å². The van der Waals surface area contributed by atoms with Gasteiger partial charge in [0.1, 0.15) is 6.61 Å². The average molecular weight is 451 g/mol. The molecule has 0 spiro atoms. The molecular weight excluding hydrogens is 420 g/mol. The second kappa shape index (κ2) is 11.4. The minimum absolute atomic E-state index is 0. The quantitative estimate of drug-likeness (QED) is 0.223. The Morgan fingerprint density at radius 3 is 2.33 bits per heavy atom. The summed E-state index contributed by atoms with van der Waals surface area (Å²) < 4.78 is 45.7. The van der Waals surface area contributed by atoms with E-state index < -0.39 is 23.1 Å². The third-order valence-electron chi connectivity index (χ3n) is 5.44. The van der Waals surface area contributed by atoms with Gasteiger partial charge in [0.2, 0.25) is 11.6 Å². The van der Waals surface area contributed by atoms with Gasteiger partial charge in [-0.25, -0.2) is 4.79 Å². The molecule has 1 fully saturated rings. The van der Waals surface area contributed by atoms with Crippen molar-refractivity contribution in [2.45, 2.75) is 24.8 Å². The first-order valence-electron chi connectivity index (χ1n) is 9.49. The first-order valence-corrected chi connectivity index (χ1v) is 9.49. The summed E-state index contributed by atoms with van der Waals surface area (Å²) in [6.45, 7) is 5.83. The molecule has 30 heavy (non-hydrogen) atoms. The molecule has 0 unspecified atom stereocenters. The highest BCUT2D eigenvalue weighted by molar-refractivity contribution is 5.85. The number of nitrogens with zero attached hydrogens (tertiary/aromatic N) is 3. The van der Waals surface area contributed by atoms with Gasteiger partial charge in [-0.2, -0.15) is 13.8 Å². The fourth-order valence-corrected chi connectivity index (χ4v) is 3.26. The SMILES string of the molecule is C=[N+](c1ccc(OCCN(C)CCOC)c(F)c1F)N(C)C1(C(=O)OC)CCC1.Cl. The number of methoxy groups -OCH3 is 2. The zero-order valence-electron chi connectivity index (χ0n) is 18.0. The molecule has 0 radical (unpaired) electrons. The zero-order valence-corrected chi connectivity index (χ0v) is 18.8. The van der Waals surface area contributed by atoms with E-state index in [9.17, 15) is 13.6 Å². The van der Waals surface area contributed by atoms with Crippen LogP contribution in [0.25, 0.3) is 0 Å². The maximum atomic E-state index is 14.7. The molecule has 7 nitrogen and oxygen atoms in total. The third-order valence-corrected chi connectivity index (χ3v) is 5.44. The highest BCUT2D eigenvalue weighted by atomic mass is 35.5. The predicted molar refractivity (Wildman–Crippen MR) is 112 cm³/mol. The van der Waals surface area contributed by atoms with Crippen LogP contribution in [-0.4, -0.2) is 87.4 Å². The van der Waals surface area contributed by atoms with E-state index in [-0.39, 0.29) is 30.5 Å². The minimum atomic E-state index is -1.09. The van der Waals surface area contributed by atoms with Crippen molar-refractivity contribution in [3.05, 3.63) is 23.8 Å². The topological polar surface area (TPSA) is 54.2 Å². The van der Waals surface area contributed by atoms with Gasteiger partial charge in [-0.1, -0.05) is 4.68 Å². The van der Waals surface area contributed by atoms with Crippen LogP contribution >= 0.6 is 12.4 Å². The summed E-state index contributed by atoms with van der Waals surface area (Å²) in [5.74, 6) is -2.77. The largest absolute Gasteiger partial charge is 0.489 e. The molecule has 1 aromatic rings. The van der Waals surface area contributed by atoms with E-state index in [1.165, 1.54) is 28.9 Å². The number of halogens is 3. The Hall–Kier alpha value is -1.97. The summed E-state index contributed by atoms with van der Waals surface area (Å²) in [4.78, 5) is 14.2. The number of carbonyl (C=O) groups excluding carboxylic acids is 1. The molecule has 1 aliphatic carbocycles. The van der Waals surface area contributed by atoms with Crippen LogP contribution in [0.3, 0.4) is 0 Å². The van der Waals surface area contributed by atoms with Gasteiger partial charge < -0.3 is 19.1 Å². The smallest absolute Gasteiger partial charge is 0.337 e. The fraction of sp³-hybridized carbons (Fsp3) is 0.600. The van der Waals surface area contributed by atoms with E-state index in [4.69, 9.17) is 14.2 Å². The van der Waals surface area contributed by atoms with Crippen LogP contribution in [0.5, 0.6) is 5.75 Å². The number of hydrazone groups is 1. The predicted octanol–water partition coefficient (Wildman–Crippen LogP) is 2.63. The minimum Gasteiger partial charge on any atom is -0.489 e. The summed E-state index contributed by atoms with van der Waals surface area (Å²) in [7, 11) is 6.42. The Morgan fingerprint density at radius 1 is 1.17 bits per heavy atom. The van der Waals surface area contributed by atoms with Gasteiger partial charge in [-0.15, -0.1) is 12.4 Å². The number of hydrogen-bond acceptors (Lipinski definition) is 6. The number of hydrazine groups is 1. The highest BCUT2D eigenvalue weighted by Crippen LogP contribution is 2.40. The second-order valence-corrected chi connectivity index (χ2v) is 7.16. The Labute approximate surface area is 182 Å². The molecule has 0 heterocycles. The van der Waals surface area contributed by atoms with Crippen LogP contribution in [-0.2, 0) is 14.3 Å². The van der Waals surface area contributed by atoms with Crippen molar-refractivity contribution in [2.75, 3.05) is 54.6 Å². The van der Waals surface area contributed by atoms with E-state index >= 15 is 0 Å². The lowest BCUT2D eigenvalue weighted by Crippen LogP contribution is -2.60. The van der Waals surface area contributed by atoms with Crippen molar-refractivity contribution in [1.82, 2.24) is 9.91 Å². The summed E-state index contributed by atoms with van der Waals surface area (Å²) in [5, 5.41) is 1.51. The van der Waals surface area contributed by atoms with Gasteiger partial charge in [0.05, 0.1) is 20.8 Å². The standard InChI is InChI=1S/C20H30F2N3O4.ClH/c1-23(11-13-27-4)12-14-29-16-8-7-15(17(21)18(16)22)24(2)25(3)20(9-6-10-20)19(26)28-5;/h7-8H,2,6,9-14H2,1,3-5H3;1H/q+1;. The van der Waals surface area contributed by atoms with Crippen molar-refractivity contribution in [3.8, 4) is 5.75 Å². The Balaban J connectivity index is 0.00000450. The van der Waals surface area contributed by atoms with Gasteiger partial charge >= 0.3 is 5.97 Å². The molecule has 1 saturated carbocycles. The summed E-state index contributed by atoms with van der Waals surface area (Å²) in [6.07, 6.45) is 1.96. The maximum absolute atomic E-state index is 14.7. The lowest BCUT2D eigenvalue weighted by molar-refractivity contribution is -0.632. The Morgan fingerprint density at radius 2 is 1.80 bits per heavy atom. The average Bonchev–Trinajstić information content (AvgIpc) is 2.68. The van der Waals surface area contributed by atoms with E-state index in [2.05, 4.69) is 6.72 Å². The third kappa shape index (κ3) is 5.39. The van der Waals surface area contributed by atoms with Crippen LogP contribution in [0, 0.1) is 11.6 Å². The molecule has 0 saturated heterocycles. The number of hydrogen-bond donors (Lipinski definition) is 0. The molecule has 0 bridgehead atoms. The molecule has 0 N–H and O–H groups in total.